The predicted octanol–water partition coefficient (Wildman–Crippen LogP) is 1.27. The first kappa shape index (κ1) is 14.3. The number of nitrogens with zero attached hydrogens (tertiary/aromatic N) is 1. The number of H-pyrrole nitrogens is 2. The van der Waals surface area contributed by atoms with Gasteiger partial charge in [-0.2, -0.15) is 0 Å². The maximum absolute atomic E-state index is 12.2. The van der Waals surface area contributed by atoms with E-state index in [1.165, 1.54) is 0 Å². The summed E-state index contributed by atoms with van der Waals surface area (Å²) >= 11 is 0. The summed E-state index contributed by atoms with van der Waals surface area (Å²) in [5, 5.41) is 10.3. The van der Waals surface area contributed by atoms with E-state index < -0.39 is 0 Å². The van der Waals surface area contributed by atoms with Crippen LogP contribution in [-0.2, 0) is 4.74 Å². The number of likely N-dealkylation sites (tertiary alicyclic amines) is 1. The van der Waals surface area contributed by atoms with E-state index >= 15 is 0 Å². The van der Waals surface area contributed by atoms with Crippen LogP contribution in [-0.4, -0.2) is 46.3 Å². The number of nitrogens with one attached hydrogen (secondary N) is 2. The number of aliphatic hydroxyl groups excluding tert-OH is 1. The number of rotatable bonds is 3. The van der Waals surface area contributed by atoms with E-state index in [0.717, 1.165) is 42.6 Å². The summed E-state index contributed by atoms with van der Waals surface area (Å²) in [7, 11) is 1.65. The molecule has 1 aliphatic rings. The number of aromatic nitrogens is 2. The maximum atomic E-state index is 12.2. The molecule has 0 aliphatic carbocycles. The molecule has 2 aromatic heterocycles. The molecule has 21 heavy (non-hydrogen) atoms. The number of aliphatic hydroxyl groups is 1. The van der Waals surface area contributed by atoms with Crippen LogP contribution >= 0.6 is 0 Å². The molecular formula is C15H21N3O3. The van der Waals surface area contributed by atoms with Crippen LogP contribution in [0.1, 0.15) is 30.2 Å². The van der Waals surface area contributed by atoms with Gasteiger partial charge in [0, 0.05) is 38.2 Å². The Labute approximate surface area is 122 Å². The first-order valence-electron chi connectivity index (χ1n) is 7.26. The molecule has 0 amide bonds. The molecule has 114 valence electrons. The van der Waals surface area contributed by atoms with Gasteiger partial charge in [-0.3, -0.25) is 9.69 Å². The number of pyridine rings is 1. The largest absolute Gasteiger partial charge is 0.393 e. The fourth-order valence-corrected chi connectivity index (χ4v) is 3.10. The topological polar surface area (TPSA) is 81.4 Å². The van der Waals surface area contributed by atoms with Crippen molar-refractivity contribution in [2.75, 3.05) is 20.2 Å². The third-order valence-electron chi connectivity index (χ3n) is 4.27. The lowest BCUT2D eigenvalue weighted by atomic mass is 10.1. The van der Waals surface area contributed by atoms with Crippen LogP contribution in [0, 0.1) is 6.92 Å². The minimum atomic E-state index is -0.269. The molecule has 1 saturated heterocycles. The lowest BCUT2D eigenvalue weighted by molar-refractivity contribution is -0.0601. The summed E-state index contributed by atoms with van der Waals surface area (Å²) in [5.74, 6) is 0. The number of piperidine rings is 1. The van der Waals surface area contributed by atoms with Crippen LogP contribution in [0.3, 0.4) is 0 Å². The maximum Gasteiger partial charge on any atom is 0.257 e. The third-order valence-corrected chi connectivity index (χ3v) is 4.27. The zero-order chi connectivity index (χ0) is 15.0. The molecule has 0 aromatic carbocycles. The summed E-state index contributed by atoms with van der Waals surface area (Å²) in [6.45, 7) is 3.48. The minimum absolute atomic E-state index is 0.106. The Morgan fingerprint density at radius 1 is 1.33 bits per heavy atom. The molecule has 0 saturated carbocycles. The summed E-state index contributed by atoms with van der Waals surface area (Å²) in [5.41, 5.74) is 2.60. The van der Waals surface area contributed by atoms with Gasteiger partial charge in [0.2, 0.25) is 0 Å². The van der Waals surface area contributed by atoms with Crippen LogP contribution in [0.4, 0.5) is 0 Å². The Morgan fingerprint density at radius 2 is 2.05 bits per heavy atom. The quantitative estimate of drug-likeness (QED) is 0.795. The van der Waals surface area contributed by atoms with Crippen molar-refractivity contribution >= 4 is 10.9 Å². The van der Waals surface area contributed by atoms with Gasteiger partial charge in [0.25, 0.3) is 5.56 Å². The van der Waals surface area contributed by atoms with Crippen molar-refractivity contribution in [3.8, 4) is 0 Å². The van der Waals surface area contributed by atoms with Gasteiger partial charge in [-0.1, -0.05) is 0 Å². The monoisotopic (exact) mass is 291 g/mol. The number of fused-ring (bicyclic) bond motifs is 1. The van der Waals surface area contributed by atoms with E-state index in [9.17, 15) is 9.90 Å². The van der Waals surface area contributed by atoms with E-state index in [-0.39, 0.29) is 17.9 Å². The number of aryl methyl sites for hydroxylation is 1. The number of hydrogen-bond donors (Lipinski definition) is 3. The summed E-state index contributed by atoms with van der Waals surface area (Å²) in [6.07, 6.45) is 4.53. The Balaban J connectivity index is 2.02. The number of ether oxygens (including phenoxy) is 1. The lowest BCUT2D eigenvalue weighted by Crippen LogP contribution is -2.39. The van der Waals surface area contributed by atoms with Gasteiger partial charge in [0.05, 0.1) is 17.0 Å². The Kier molecular flexibility index (Phi) is 3.84. The fraction of sp³-hybridized carbons (Fsp3) is 0.533. The van der Waals surface area contributed by atoms with Gasteiger partial charge in [-0.15, -0.1) is 0 Å². The molecule has 1 unspecified atom stereocenters. The first-order valence-corrected chi connectivity index (χ1v) is 7.26. The molecule has 6 nitrogen and oxygen atoms in total. The number of aromatic amines is 2. The van der Waals surface area contributed by atoms with E-state index in [2.05, 4.69) is 14.9 Å². The zero-order valence-electron chi connectivity index (χ0n) is 12.3. The van der Waals surface area contributed by atoms with Gasteiger partial charge in [0.1, 0.15) is 6.23 Å². The lowest BCUT2D eigenvalue weighted by Gasteiger charge is -2.35. The standard InChI is InChI=1S/C15H21N3O3/c1-9-7-17-14(20)12-11(8-16-13(9)12)15(21-2)18-5-3-10(19)4-6-18/h7-8,10,15-16,19H,3-6H2,1-2H3,(H,17,20). The van der Waals surface area contributed by atoms with E-state index in [1.807, 2.05) is 13.1 Å². The number of methoxy groups -OCH3 is 1. The van der Waals surface area contributed by atoms with Gasteiger partial charge in [-0.05, 0) is 25.3 Å². The van der Waals surface area contributed by atoms with Crippen LogP contribution in [0.25, 0.3) is 10.9 Å². The van der Waals surface area contributed by atoms with E-state index in [0.29, 0.717) is 5.39 Å². The number of hydrogen-bond acceptors (Lipinski definition) is 4. The highest BCUT2D eigenvalue weighted by Crippen LogP contribution is 2.30. The minimum Gasteiger partial charge on any atom is -0.393 e. The molecular weight excluding hydrogens is 270 g/mol. The smallest absolute Gasteiger partial charge is 0.257 e. The van der Waals surface area contributed by atoms with Crippen LogP contribution < -0.4 is 5.56 Å². The van der Waals surface area contributed by atoms with Crippen molar-refractivity contribution in [1.82, 2.24) is 14.9 Å². The third kappa shape index (κ3) is 2.50. The average molecular weight is 291 g/mol. The normalized spacial score (nSPS) is 19.2. The molecule has 2 aromatic rings. The van der Waals surface area contributed by atoms with Crippen molar-refractivity contribution in [1.29, 1.82) is 0 Å². The molecule has 0 radical (unpaired) electrons. The highest BCUT2D eigenvalue weighted by atomic mass is 16.5. The average Bonchev–Trinajstić information content (AvgIpc) is 2.92. The molecule has 6 heteroatoms. The Hall–Kier alpha value is -1.63. The van der Waals surface area contributed by atoms with Crippen molar-refractivity contribution in [2.45, 2.75) is 32.1 Å². The molecule has 3 rings (SSSR count). The second-order valence-corrected chi connectivity index (χ2v) is 5.65. The molecule has 1 fully saturated rings. The van der Waals surface area contributed by atoms with Crippen molar-refractivity contribution < 1.29 is 9.84 Å². The van der Waals surface area contributed by atoms with Crippen LogP contribution in [0.5, 0.6) is 0 Å². The van der Waals surface area contributed by atoms with Gasteiger partial charge in [0.15, 0.2) is 0 Å². The molecule has 1 aliphatic heterocycles. The molecule has 3 N–H and O–H groups in total. The highest BCUT2D eigenvalue weighted by Gasteiger charge is 2.28. The molecule has 1 atom stereocenters. The van der Waals surface area contributed by atoms with Crippen molar-refractivity contribution in [3.05, 3.63) is 33.9 Å². The second kappa shape index (κ2) is 5.63. The van der Waals surface area contributed by atoms with Crippen molar-refractivity contribution in [2.24, 2.45) is 0 Å². The molecule has 0 spiro atoms. The van der Waals surface area contributed by atoms with Gasteiger partial charge < -0.3 is 19.8 Å². The summed E-state index contributed by atoms with van der Waals surface area (Å²) in [6, 6.07) is 0. The fourth-order valence-electron chi connectivity index (χ4n) is 3.10. The Bertz CT molecular complexity index is 683. The SMILES string of the molecule is COC(c1c[nH]c2c(C)c[nH]c(=O)c12)N1CCC(O)CC1. The van der Waals surface area contributed by atoms with Crippen LogP contribution in [0.2, 0.25) is 0 Å². The molecule has 0 bridgehead atoms. The molecule has 3 heterocycles. The van der Waals surface area contributed by atoms with Gasteiger partial charge >= 0.3 is 0 Å². The summed E-state index contributed by atoms with van der Waals surface area (Å²) in [4.78, 5) is 20.3. The summed E-state index contributed by atoms with van der Waals surface area (Å²) < 4.78 is 5.64. The van der Waals surface area contributed by atoms with Crippen LogP contribution in [0.15, 0.2) is 17.2 Å². The highest BCUT2D eigenvalue weighted by molar-refractivity contribution is 5.85. The van der Waals surface area contributed by atoms with Gasteiger partial charge in [-0.25, -0.2) is 0 Å². The zero-order valence-corrected chi connectivity index (χ0v) is 12.3. The second-order valence-electron chi connectivity index (χ2n) is 5.65. The van der Waals surface area contributed by atoms with Crippen molar-refractivity contribution in [3.63, 3.8) is 0 Å². The van der Waals surface area contributed by atoms with E-state index in [4.69, 9.17) is 4.74 Å². The first-order chi connectivity index (χ1) is 10.1. The predicted molar refractivity (Wildman–Crippen MR) is 80.2 cm³/mol. The van der Waals surface area contributed by atoms with E-state index in [1.54, 1.807) is 13.3 Å². The Morgan fingerprint density at radius 3 is 2.71 bits per heavy atom.